The smallest absolute Gasteiger partial charge is 0.277 e. The predicted octanol–water partition coefficient (Wildman–Crippen LogP) is 1.40. The summed E-state index contributed by atoms with van der Waals surface area (Å²) in [6.45, 7) is 7.66. The molecule has 0 saturated carbocycles. The van der Waals surface area contributed by atoms with Crippen LogP contribution in [0, 0.1) is 0 Å². The zero-order valence-corrected chi connectivity index (χ0v) is 18.3. The van der Waals surface area contributed by atoms with E-state index in [4.69, 9.17) is 16.3 Å². The number of piperazine rings is 2. The Morgan fingerprint density at radius 2 is 1.60 bits per heavy atom. The molecule has 6 nitrogen and oxygen atoms in total. The number of carbonyl (C=O) groups excluding carboxylic acids is 1. The largest absolute Gasteiger partial charge is 0.497 e. The third-order valence-electron chi connectivity index (χ3n) is 6.13. The van der Waals surface area contributed by atoms with Gasteiger partial charge in [-0.1, -0.05) is 23.7 Å². The number of nitrogens with one attached hydrogen (secondary N) is 1. The Morgan fingerprint density at radius 3 is 2.23 bits per heavy atom. The van der Waals surface area contributed by atoms with Crippen LogP contribution in [0.5, 0.6) is 5.75 Å². The fourth-order valence-corrected chi connectivity index (χ4v) is 4.54. The Bertz CT molecular complexity index is 845. The minimum absolute atomic E-state index is 0.269. The summed E-state index contributed by atoms with van der Waals surface area (Å²) < 4.78 is 5.23. The quantitative estimate of drug-likeness (QED) is 0.780. The molecule has 1 amide bonds. The number of quaternary nitrogens is 1. The van der Waals surface area contributed by atoms with Gasteiger partial charge in [-0.05, 0) is 36.4 Å². The van der Waals surface area contributed by atoms with E-state index in [0.29, 0.717) is 6.54 Å². The number of carbonyl (C=O) groups is 1. The Labute approximate surface area is 183 Å². The Hall–Kier alpha value is -2.44. The first-order valence-electron chi connectivity index (χ1n) is 10.6. The van der Waals surface area contributed by atoms with Gasteiger partial charge in [-0.25, -0.2) is 0 Å². The van der Waals surface area contributed by atoms with E-state index in [1.54, 1.807) is 7.11 Å². The van der Waals surface area contributed by atoms with Gasteiger partial charge in [0.05, 0.1) is 44.0 Å². The van der Waals surface area contributed by atoms with Crippen molar-refractivity contribution in [1.82, 2.24) is 4.90 Å². The van der Waals surface area contributed by atoms with E-state index in [-0.39, 0.29) is 5.91 Å². The number of rotatable bonds is 5. The predicted molar refractivity (Wildman–Crippen MR) is 121 cm³/mol. The van der Waals surface area contributed by atoms with Crippen molar-refractivity contribution in [2.45, 2.75) is 0 Å². The monoisotopic (exact) mass is 429 g/mol. The number of para-hydroxylation sites is 1. The summed E-state index contributed by atoms with van der Waals surface area (Å²) in [5, 5.41) is 0.798. The number of methoxy groups -OCH3 is 1. The molecule has 0 radical (unpaired) electrons. The second-order valence-electron chi connectivity index (χ2n) is 7.93. The molecule has 7 heteroatoms. The number of hydrogen-bond donors (Lipinski definition) is 1. The highest BCUT2D eigenvalue weighted by atomic mass is 35.5. The lowest BCUT2D eigenvalue weighted by atomic mass is 10.2. The number of amides is 1. The molecule has 2 fully saturated rings. The highest BCUT2D eigenvalue weighted by molar-refractivity contribution is 6.33. The van der Waals surface area contributed by atoms with Crippen LogP contribution >= 0.6 is 11.6 Å². The third kappa shape index (κ3) is 4.82. The van der Waals surface area contributed by atoms with Crippen molar-refractivity contribution in [2.24, 2.45) is 0 Å². The van der Waals surface area contributed by atoms with Gasteiger partial charge in [-0.2, -0.15) is 0 Å². The van der Waals surface area contributed by atoms with E-state index >= 15 is 0 Å². The number of halogens is 1. The molecule has 0 aromatic heterocycles. The van der Waals surface area contributed by atoms with Crippen LogP contribution in [0.25, 0.3) is 0 Å². The van der Waals surface area contributed by atoms with E-state index in [2.05, 4.69) is 28.0 Å². The second kappa shape index (κ2) is 9.58. The molecule has 0 atom stereocenters. The molecule has 1 N–H and O–H groups in total. The zero-order chi connectivity index (χ0) is 20.9. The summed E-state index contributed by atoms with van der Waals surface area (Å²) in [5.41, 5.74) is 2.28. The maximum Gasteiger partial charge on any atom is 0.277 e. The molecule has 160 valence electrons. The summed E-state index contributed by atoms with van der Waals surface area (Å²) in [7, 11) is 1.68. The number of nitrogens with zero attached hydrogens (tertiary/aromatic N) is 3. The Balaban J connectivity index is 1.23. The average Bonchev–Trinajstić information content (AvgIpc) is 2.80. The van der Waals surface area contributed by atoms with Gasteiger partial charge in [0.25, 0.3) is 5.91 Å². The summed E-state index contributed by atoms with van der Waals surface area (Å²) in [6.07, 6.45) is 0. The van der Waals surface area contributed by atoms with Crippen LogP contribution in [0.3, 0.4) is 0 Å². The molecule has 0 bridgehead atoms. The molecule has 4 rings (SSSR count). The highest BCUT2D eigenvalue weighted by Crippen LogP contribution is 2.25. The van der Waals surface area contributed by atoms with Crippen LogP contribution in [-0.2, 0) is 4.79 Å². The molecule has 2 aromatic rings. The van der Waals surface area contributed by atoms with E-state index in [1.807, 2.05) is 35.2 Å². The minimum atomic E-state index is 0.269. The van der Waals surface area contributed by atoms with E-state index in [1.165, 1.54) is 10.6 Å². The minimum Gasteiger partial charge on any atom is -0.497 e. The van der Waals surface area contributed by atoms with Gasteiger partial charge in [0.1, 0.15) is 5.75 Å². The molecule has 0 aliphatic carbocycles. The Kier molecular flexibility index (Phi) is 6.65. The normalized spacial score (nSPS) is 17.9. The van der Waals surface area contributed by atoms with Crippen LogP contribution in [0.4, 0.5) is 11.4 Å². The molecule has 0 unspecified atom stereocenters. The highest BCUT2D eigenvalue weighted by Gasteiger charge is 2.27. The lowest BCUT2D eigenvalue weighted by molar-refractivity contribution is -0.892. The fourth-order valence-electron chi connectivity index (χ4n) is 4.28. The van der Waals surface area contributed by atoms with Crippen molar-refractivity contribution >= 4 is 28.9 Å². The number of ether oxygens (including phenoxy) is 1. The summed E-state index contributed by atoms with van der Waals surface area (Å²) in [6, 6.07) is 16.1. The number of hydrogen-bond acceptors (Lipinski definition) is 4. The maximum absolute atomic E-state index is 12.8. The van der Waals surface area contributed by atoms with E-state index in [9.17, 15) is 4.79 Å². The van der Waals surface area contributed by atoms with Gasteiger partial charge < -0.3 is 24.3 Å². The van der Waals surface area contributed by atoms with Gasteiger partial charge in [-0.15, -0.1) is 0 Å². The van der Waals surface area contributed by atoms with Gasteiger partial charge in [0, 0.05) is 31.9 Å². The lowest BCUT2D eigenvalue weighted by Crippen LogP contribution is -3.16. The van der Waals surface area contributed by atoms with Gasteiger partial charge in [-0.3, -0.25) is 4.79 Å². The molecule has 30 heavy (non-hydrogen) atoms. The molecule has 2 heterocycles. The molecular weight excluding hydrogens is 400 g/mol. The van der Waals surface area contributed by atoms with Gasteiger partial charge in [0.2, 0.25) is 0 Å². The van der Waals surface area contributed by atoms with Crippen molar-refractivity contribution in [2.75, 3.05) is 75.8 Å². The fraction of sp³-hybridized carbons (Fsp3) is 0.435. The van der Waals surface area contributed by atoms with Gasteiger partial charge >= 0.3 is 0 Å². The van der Waals surface area contributed by atoms with Gasteiger partial charge in [0.15, 0.2) is 6.54 Å². The standard InChI is InChI=1S/C23H29ClN4O2/c1-30-20-8-6-19(7-9-20)26-14-16-28(17-15-26)23(29)18-25-10-12-27(13-11-25)22-5-3-2-4-21(22)24/h2-9H,10-18H2,1H3/p+1. The SMILES string of the molecule is COc1ccc(N2CCN(C(=O)C[NH+]3CCN(c4ccccc4Cl)CC3)CC2)cc1. The molecule has 0 spiro atoms. The van der Waals surface area contributed by atoms with Crippen molar-refractivity contribution in [3.8, 4) is 5.75 Å². The Morgan fingerprint density at radius 1 is 0.933 bits per heavy atom. The average molecular weight is 430 g/mol. The van der Waals surface area contributed by atoms with Crippen LogP contribution in [-0.4, -0.2) is 76.8 Å². The van der Waals surface area contributed by atoms with Crippen LogP contribution < -0.4 is 19.4 Å². The first-order valence-corrected chi connectivity index (χ1v) is 11.0. The van der Waals surface area contributed by atoms with E-state index in [0.717, 1.165) is 68.8 Å². The van der Waals surface area contributed by atoms with Crippen molar-refractivity contribution < 1.29 is 14.4 Å². The number of benzene rings is 2. The van der Waals surface area contributed by atoms with E-state index < -0.39 is 0 Å². The summed E-state index contributed by atoms with van der Waals surface area (Å²) >= 11 is 6.33. The molecule has 2 saturated heterocycles. The topological polar surface area (TPSA) is 40.5 Å². The first-order chi connectivity index (χ1) is 14.6. The summed E-state index contributed by atoms with van der Waals surface area (Å²) in [4.78, 5) is 20.9. The summed E-state index contributed by atoms with van der Waals surface area (Å²) in [5.74, 6) is 1.13. The molecular formula is C23H30ClN4O2+. The second-order valence-corrected chi connectivity index (χ2v) is 8.34. The van der Waals surface area contributed by atoms with Crippen LogP contribution in [0.1, 0.15) is 0 Å². The van der Waals surface area contributed by atoms with Crippen molar-refractivity contribution in [1.29, 1.82) is 0 Å². The van der Waals surface area contributed by atoms with Crippen LogP contribution in [0.15, 0.2) is 48.5 Å². The molecule has 2 aliphatic heterocycles. The maximum atomic E-state index is 12.8. The third-order valence-corrected chi connectivity index (χ3v) is 6.45. The van der Waals surface area contributed by atoms with Crippen molar-refractivity contribution in [3.05, 3.63) is 53.6 Å². The molecule has 2 aliphatic rings. The first kappa shape index (κ1) is 20.8. The number of anilines is 2. The lowest BCUT2D eigenvalue weighted by Gasteiger charge is -2.38. The van der Waals surface area contributed by atoms with Crippen LogP contribution in [0.2, 0.25) is 5.02 Å². The molecule has 2 aromatic carbocycles. The van der Waals surface area contributed by atoms with Crippen molar-refractivity contribution in [3.63, 3.8) is 0 Å². The zero-order valence-electron chi connectivity index (χ0n) is 17.5.